The van der Waals surface area contributed by atoms with Gasteiger partial charge in [0, 0.05) is 12.7 Å². The Balaban J connectivity index is 1.90. The van der Waals surface area contributed by atoms with Crippen LogP contribution in [0.2, 0.25) is 0 Å². The molecule has 7 nitrogen and oxygen atoms in total. The van der Waals surface area contributed by atoms with E-state index in [1.54, 1.807) is 30.3 Å². The van der Waals surface area contributed by atoms with E-state index in [-0.39, 0.29) is 17.9 Å². The van der Waals surface area contributed by atoms with Crippen LogP contribution in [-0.2, 0) is 6.54 Å². The number of aromatic nitrogens is 1. The van der Waals surface area contributed by atoms with Gasteiger partial charge in [0.15, 0.2) is 17.5 Å². The zero-order chi connectivity index (χ0) is 22.4. The first-order valence-corrected chi connectivity index (χ1v) is 9.27. The summed E-state index contributed by atoms with van der Waals surface area (Å²) in [6.07, 6.45) is -0.0761. The van der Waals surface area contributed by atoms with Crippen LogP contribution in [0.4, 0.5) is 19.4 Å². The summed E-state index contributed by atoms with van der Waals surface area (Å²) in [6, 6.07) is 13.6. The predicted octanol–water partition coefficient (Wildman–Crippen LogP) is 3.51. The molecule has 0 aliphatic heterocycles. The van der Waals surface area contributed by atoms with E-state index in [0.29, 0.717) is 11.1 Å². The number of aliphatic hydroxyl groups excluding tert-OH is 1. The van der Waals surface area contributed by atoms with Crippen LogP contribution >= 0.6 is 0 Å². The lowest BCUT2D eigenvalue weighted by molar-refractivity contribution is 0.0951. The minimum atomic E-state index is -1.41. The molecule has 31 heavy (non-hydrogen) atoms. The average Bonchev–Trinajstić information content (AvgIpc) is 2.78. The van der Waals surface area contributed by atoms with Crippen molar-refractivity contribution in [3.63, 3.8) is 0 Å². The molecule has 0 aliphatic carbocycles. The van der Waals surface area contributed by atoms with Crippen LogP contribution < -0.4 is 10.2 Å². The molecule has 1 heterocycles. The topological polar surface area (TPSA) is 103 Å². The number of hydrogen-bond acceptors (Lipinski definition) is 4. The average molecular weight is 427 g/mol. The van der Waals surface area contributed by atoms with Crippen molar-refractivity contribution < 1.29 is 28.6 Å². The second-order valence-electron chi connectivity index (χ2n) is 6.57. The largest absolute Gasteiger partial charge is 0.465 e. The van der Waals surface area contributed by atoms with Crippen LogP contribution in [0.15, 0.2) is 66.9 Å². The molecule has 3 aromatic rings. The van der Waals surface area contributed by atoms with Gasteiger partial charge in [-0.3, -0.25) is 9.69 Å². The summed E-state index contributed by atoms with van der Waals surface area (Å²) in [4.78, 5) is 29.7. The molecule has 2 amide bonds. The van der Waals surface area contributed by atoms with E-state index in [0.717, 1.165) is 17.0 Å². The van der Waals surface area contributed by atoms with E-state index in [1.807, 2.05) is 0 Å². The van der Waals surface area contributed by atoms with E-state index in [9.17, 15) is 28.6 Å². The molecule has 0 saturated carbocycles. The van der Waals surface area contributed by atoms with Gasteiger partial charge in [-0.05, 0) is 35.4 Å². The minimum Gasteiger partial charge on any atom is -0.465 e. The molecule has 160 valence electrons. The number of benzene rings is 2. The van der Waals surface area contributed by atoms with Gasteiger partial charge in [0.05, 0.1) is 18.2 Å². The van der Waals surface area contributed by atoms with Crippen LogP contribution in [0.5, 0.6) is 0 Å². The smallest absolute Gasteiger partial charge is 0.413 e. The molecule has 9 heteroatoms. The monoisotopic (exact) mass is 427 g/mol. The summed E-state index contributed by atoms with van der Waals surface area (Å²) in [5.74, 6) is -2.87. The van der Waals surface area contributed by atoms with Crippen molar-refractivity contribution >= 4 is 17.8 Å². The molecule has 0 radical (unpaired) electrons. The number of carbonyl (C=O) groups is 2. The number of halogens is 2. The Labute approximate surface area is 176 Å². The van der Waals surface area contributed by atoms with Crippen molar-refractivity contribution in [2.75, 3.05) is 11.5 Å². The van der Waals surface area contributed by atoms with Crippen molar-refractivity contribution in [1.82, 2.24) is 10.3 Å². The molecule has 0 saturated heterocycles. The third-order valence-corrected chi connectivity index (χ3v) is 4.57. The highest BCUT2D eigenvalue weighted by Gasteiger charge is 2.30. The number of aliphatic hydroxyl groups is 1. The summed E-state index contributed by atoms with van der Waals surface area (Å²) in [5, 5.41) is 22.3. The summed E-state index contributed by atoms with van der Waals surface area (Å²) < 4.78 is 26.5. The maximum atomic E-state index is 13.4. The fourth-order valence-corrected chi connectivity index (χ4v) is 3.08. The molecule has 0 spiro atoms. The van der Waals surface area contributed by atoms with Crippen molar-refractivity contribution in [3.8, 4) is 0 Å². The van der Waals surface area contributed by atoms with Crippen molar-refractivity contribution in [2.24, 2.45) is 0 Å². The van der Waals surface area contributed by atoms with Crippen molar-refractivity contribution in [2.45, 2.75) is 12.6 Å². The van der Waals surface area contributed by atoms with E-state index in [2.05, 4.69) is 10.3 Å². The summed E-state index contributed by atoms with van der Waals surface area (Å²) in [5.41, 5.74) is 0.790. The number of carbonyl (C=O) groups excluding carboxylic acids is 1. The molecule has 0 aliphatic rings. The van der Waals surface area contributed by atoms with Gasteiger partial charge in [-0.15, -0.1) is 0 Å². The highest BCUT2D eigenvalue weighted by atomic mass is 19.2. The first-order chi connectivity index (χ1) is 14.9. The van der Waals surface area contributed by atoms with E-state index in [4.69, 9.17) is 0 Å². The number of rotatable bonds is 7. The maximum Gasteiger partial charge on any atom is 0.413 e. The Kier molecular flexibility index (Phi) is 6.88. The molecule has 0 bridgehead atoms. The highest BCUT2D eigenvalue weighted by Crippen LogP contribution is 2.28. The van der Waals surface area contributed by atoms with E-state index >= 15 is 0 Å². The fraction of sp³-hybridized carbons (Fsp3) is 0.136. The molecule has 0 fully saturated rings. The van der Waals surface area contributed by atoms with Gasteiger partial charge in [0.2, 0.25) is 0 Å². The molecular formula is C22H19F2N3O4. The molecule has 3 rings (SSSR count). The predicted molar refractivity (Wildman–Crippen MR) is 109 cm³/mol. The number of nitrogens with one attached hydrogen (secondary N) is 1. The number of hydrogen-bond donors (Lipinski definition) is 3. The van der Waals surface area contributed by atoms with E-state index < -0.39 is 36.3 Å². The summed E-state index contributed by atoms with van der Waals surface area (Å²) >= 11 is 0. The molecule has 2 aromatic carbocycles. The van der Waals surface area contributed by atoms with Gasteiger partial charge in [-0.2, -0.15) is 0 Å². The SMILES string of the molecule is O=C(NCc1ccc(F)c(F)c1)c1cccnc1N(C(=O)O)[C@@H](CO)c1ccccc1. The Morgan fingerprint density at radius 1 is 1.03 bits per heavy atom. The molecule has 1 atom stereocenters. The summed E-state index contributed by atoms with van der Waals surface area (Å²) in [6.45, 7) is -0.650. The maximum absolute atomic E-state index is 13.4. The zero-order valence-corrected chi connectivity index (χ0v) is 16.2. The molecule has 1 aromatic heterocycles. The number of pyridine rings is 1. The highest BCUT2D eigenvalue weighted by molar-refractivity contribution is 6.02. The van der Waals surface area contributed by atoms with Gasteiger partial charge in [-0.1, -0.05) is 36.4 Å². The second-order valence-corrected chi connectivity index (χ2v) is 6.57. The Bertz CT molecular complexity index is 1080. The third kappa shape index (κ3) is 5.01. The van der Waals surface area contributed by atoms with Crippen LogP contribution in [-0.4, -0.2) is 33.8 Å². The summed E-state index contributed by atoms with van der Waals surface area (Å²) in [7, 11) is 0. The standard InChI is InChI=1S/C22H19F2N3O4/c23-17-9-8-14(11-18(17)24)12-26-21(29)16-7-4-10-25-20(16)27(22(30)31)19(13-28)15-5-2-1-3-6-15/h1-11,19,28H,12-13H2,(H,26,29)(H,30,31)/t19-/m0/s1. The second kappa shape index (κ2) is 9.77. The molecule has 3 N–H and O–H groups in total. The van der Waals surface area contributed by atoms with Gasteiger partial charge in [-0.25, -0.2) is 18.6 Å². The number of anilines is 1. The quantitative estimate of drug-likeness (QED) is 0.536. The number of amides is 2. The van der Waals surface area contributed by atoms with Crippen LogP contribution in [0.1, 0.15) is 27.5 Å². The van der Waals surface area contributed by atoms with E-state index in [1.165, 1.54) is 24.4 Å². The zero-order valence-electron chi connectivity index (χ0n) is 16.2. The first kappa shape index (κ1) is 21.8. The van der Waals surface area contributed by atoms with Crippen LogP contribution in [0.25, 0.3) is 0 Å². The lowest BCUT2D eigenvalue weighted by atomic mass is 10.1. The van der Waals surface area contributed by atoms with Gasteiger partial charge in [0.25, 0.3) is 5.91 Å². The lowest BCUT2D eigenvalue weighted by Crippen LogP contribution is -2.38. The van der Waals surface area contributed by atoms with Crippen LogP contribution in [0.3, 0.4) is 0 Å². The van der Waals surface area contributed by atoms with Crippen molar-refractivity contribution in [3.05, 3.63) is 95.2 Å². The number of carboxylic acid groups (broad SMARTS) is 1. The van der Waals surface area contributed by atoms with Crippen molar-refractivity contribution in [1.29, 1.82) is 0 Å². The lowest BCUT2D eigenvalue weighted by Gasteiger charge is -2.28. The molecule has 0 unspecified atom stereocenters. The third-order valence-electron chi connectivity index (χ3n) is 4.57. The fourth-order valence-electron chi connectivity index (χ4n) is 3.08. The Hall–Kier alpha value is -3.85. The molecular weight excluding hydrogens is 408 g/mol. The van der Waals surface area contributed by atoms with Crippen LogP contribution in [0, 0.1) is 11.6 Å². The first-order valence-electron chi connectivity index (χ1n) is 9.27. The van der Waals surface area contributed by atoms with Gasteiger partial charge < -0.3 is 15.5 Å². The normalized spacial score (nSPS) is 11.6. The minimum absolute atomic E-state index is 0.0538. The number of nitrogens with zero attached hydrogens (tertiary/aromatic N) is 2. The van der Waals surface area contributed by atoms with Gasteiger partial charge in [0.1, 0.15) is 0 Å². The Morgan fingerprint density at radius 2 is 1.77 bits per heavy atom. The van der Waals surface area contributed by atoms with Gasteiger partial charge >= 0.3 is 6.09 Å². The Morgan fingerprint density at radius 3 is 2.42 bits per heavy atom.